The molecule has 1 aromatic heterocycles. The molecule has 6 nitrogen and oxygen atoms in total. The average Bonchev–Trinajstić information content (AvgIpc) is 3.40. The summed E-state index contributed by atoms with van der Waals surface area (Å²) in [7, 11) is 0. The molecule has 1 amide bonds. The number of nitrogens with one attached hydrogen (secondary N) is 3. The molecule has 1 aliphatic rings. The summed E-state index contributed by atoms with van der Waals surface area (Å²) in [6.45, 7) is 0.476. The molecule has 3 aromatic carbocycles. The van der Waals surface area contributed by atoms with E-state index >= 15 is 0 Å². The van der Waals surface area contributed by atoms with Gasteiger partial charge >= 0.3 is 0 Å². The standard InChI is InChI=1S/C25H21N5OS/c31-25(26-16-20(17-7-3-1-4-8-17)18-9-5-2-6-10-18)24-28-22-12-11-19(15-23(22)32-30-24)21-13-14-27-29-21/h1-15,20H,16H2,(H,26,31)(H,27,29)(H,28,30). The Morgan fingerprint density at radius 2 is 1.66 bits per heavy atom. The summed E-state index contributed by atoms with van der Waals surface area (Å²) in [5.74, 6) is 0.136. The van der Waals surface area contributed by atoms with Gasteiger partial charge in [-0.2, -0.15) is 5.10 Å². The summed E-state index contributed by atoms with van der Waals surface area (Å²) in [6.07, 6.45) is 1.72. The molecule has 32 heavy (non-hydrogen) atoms. The Morgan fingerprint density at radius 1 is 0.938 bits per heavy atom. The van der Waals surface area contributed by atoms with Gasteiger partial charge in [-0.1, -0.05) is 66.7 Å². The number of carbonyl (C=O) groups is 1. The van der Waals surface area contributed by atoms with Gasteiger partial charge in [-0.25, -0.2) is 4.99 Å². The number of rotatable bonds is 6. The quantitative estimate of drug-likeness (QED) is 0.382. The van der Waals surface area contributed by atoms with Crippen LogP contribution in [0.1, 0.15) is 17.0 Å². The van der Waals surface area contributed by atoms with Gasteiger partial charge in [0.1, 0.15) is 0 Å². The van der Waals surface area contributed by atoms with Crippen LogP contribution in [0.5, 0.6) is 0 Å². The fourth-order valence-corrected chi connectivity index (χ4v) is 4.44. The van der Waals surface area contributed by atoms with E-state index in [1.807, 2.05) is 60.7 Å². The number of benzene rings is 3. The van der Waals surface area contributed by atoms with Crippen LogP contribution < -0.4 is 10.0 Å². The molecule has 0 saturated carbocycles. The molecular weight excluding hydrogens is 418 g/mol. The Balaban J connectivity index is 1.32. The van der Waals surface area contributed by atoms with Gasteiger partial charge in [0.2, 0.25) is 5.84 Å². The first-order valence-electron chi connectivity index (χ1n) is 10.3. The van der Waals surface area contributed by atoms with Gasteiger partial charge in [0.25, 0.3) is 5.91 Å². The van der Waals surface area contributed by atoms with E-state index in [4.69, 9.17) is 0 Å². The van der Waals surface area contributed by atoms with Crippen LogP contribution in [-0.2, 0) is 4.79 Å². The topological polar surface area (TPSA) is 82.2 Å². The minimum absolute atomic E-state index is 0.0578. The van der Waals surface area contributed by atoms with Crippen molar-refractivity contribution in [2.24, 2.45) is 4.99 Å². The highest BCUT2D eigenvalue weighted by Gasteiger charge is 2.21. The first-order valence-corrected chi connectivity index (χ1v) is 11.1. The molecule has 0 fully saturated rings. The number of H-pyrrole nitrogens is 1. The van der Waals surface area contributed by atoms with Crippen molar-refractivity contribution in [1.82, 2.24) is 20.2 Å². The van der Waals surface area contributed by atoms with Crippen molar-refractivity contribution in [2.75, 3.05) is 6.54 Å². The first kappa shape index (κ1) is 20.1. The third-order valence-corrected chi connectivity index (χ3v) is 6.19. The van der Waals surface area contributed by atoms with E-state index in [0.29, 0.717) is 12.4 Å². The van der Waals surface area contributed by atoms with Gasteiger partial charge < -0.3 is 10.0 Å². The molecule has 0 saturated heterocycles. The van der Waals surface area contributed by atoms with Crippen molar-refractivity contribution < 1.29 is 4.79 Å². The molecule has 5 rings (SSSR count). The summed E-state index contributed by atoms with van der Waals surface area (Å²) in [5.41, 5.74) is 5.04. The number of fused-ring (bicyclic) bond motifs is 1. The number of nitrogens with zero attached hydrogens (tertiary/aromatic N) is 2. The number of hydrogen-bond acceptors (Lipinski definition) is 5. The highest BCUT2D eigenvalue weighted by molar-refractivity contribution is 7.98. The molecular formula is C25H21N5OS. The van der Waals surface area contributed by atoms with E-state index in [9.17, 15) is 4.79 Å². The normalized spacial score (nSPS) is 12.6. The van der Waals surface area contributed by atoms with Crippen LogP contribution >= 0.6 is 11.9 Å². The maximum Gasteiger partial charge on any atom is 0.287 e. The molecule has 0 bridgehead atoms. The van der Waals surface area contributed by atoms with Gasteiger partial charge in [-0.3, -0.25) is 9.89 Å². The van der Waals surface area contributed by atoms with Crippen LogP contribution in [0.15, 0.2) is 101 Å². The van der Waals surface area contributed by atoms with Gasteiger partial charge in [0.15, 0.2) is 0 Å². The molecule has 4 aromatic rings. The number of carbonyl (C=O) groups excluding carboxylic acids is 1. The number of aliphatic imine (C=N–C) groups is 1. The molecule has 158 valence electrons. The summed E-state index contributed by atoms with van der Waals surface area (Å²) in [6, 6.07) is 28.3. The smallest absolute Gasteiger partial charge is 0.287 e. The number of aromatic nitrogens is 2. The predicted octanol–water partition coefficient (Wildman–Crippen LogP) is 4.67. The van der Waals surface area contributed by atoms with Crippen molar-refractivity contribution in [3.8, 4) is 11.3 Å². The second-order valence-corrected chi connectivity index (χ2v) is 8.25. The maximum absolute atomic E-state index is 12.9. The fourth-order valence-electron chi connectivity index (χ4n) is 3.69. The average molecular weight is 440 g/mol. The third kappa shape index (κ3) is 4.29. The third-order valence-electron chi connectivity index (χ3n) is 5.35. The predicted molar refractivity (Wildman–Crippen MR) is 128 cm³/mol. The molecule has 0 spiro atoms. The lowest BCUT2D eigenvalue weighted by molar-refractivity contribution is -0.114. The number of amidine groups is 1. The highest BCUT2D eigenvalue weighted by Crippen LogP contribution is 2.34. The van der Waals surface area contributed by atoms with E-state index in [1.54, 1.807) is 6.20 Å². The SMILES string of the molecule is O=C(NCC(c1ccccc1)c1ccccc1)C1=Nc2ccc(-c3ccn[nH]3)cc2SN1. The second kappa shape index (κ2) is 9.11. The van der Waals surface area contributed by atoms with Crippen molar-refractivity contribution >= 4 is 29.4 Å². The molecule has 0 radical (unpaired) electrons. The fraction of sp³-hybridized carbons (Fsp3) is 0.0800. The van der Waals surface area contributed by atoms with E-state index < -0.39 is 0 Å². The second-order valence-electron chi connectivity index (χ2n) is 7.40. The van der Waals surface area contributed by atoms with Crippen molar-refractivity contribution in [3.63, 3.8) is 0 Å². The Morgan fingerprint density at radius 3 is 2.31 bits per heavy atom. The first-order chi connectivity index (χ1) is 15.8. The van der Waals surface area contributed by atoms with Crippen molar-refractivity contribution in [1.29, 1.82) is 0 Å². The van der Waals surface area contributed by atoms with Gasteiger partial charge in [0, 0.05) is 24.2 Å². The van der Waals surface area contributed by atoms with Crippen molar-refractivity contribution in [2.45, 2.75) is 10.8 Å². The van der Waals surface area contributed by atoms with Gasteiger partial charge in [-0.15, -0.1) is 0 Å². The number of hydrogen-bond donors (Lipinski definition) is 3. The zero-order valence-electron chi connectivity index (χ0n) is 17.2. The minimum Gasteiger partial charge on any atom is -0.348 e. The maximum atomic E-state index is 12.9. The summed E-state index contributed by atoms with van der Waals surface area (Å²) < 4.78 is 3.08. The Kier molecular flexibility index (Phi) is 5.72. The lowest BCUT2D eigenvalue weighted by Gasteiger charge is -2.20. The zero-order valence-corrected chi connectivity index (χ0v) is 18.0. The highest BCUT2D eigenvalue weighted by atomic mass is 32.2. The van der Waals surface area contributed by atoms with Crippen LogP contribution in [-0.4, -0.2) is 28.5 Å². The van der Waals surface area contributed by atoms with Gasteiger partial charge in [0.05, 0.1) is 16.3 Å². The minimum atomic E-state index is -0.224. The molecule has 1 aliphatic heterocycles. The number of amides is 1. The van der Waals surface area contributed by atoms with Crippen molar-refractivity contribution in [3.05, 3.63) is 102 Å². The van der Waals surface area contributed by atoms with Crippen LogP contribution in [0.4, 0.5) is 5.69 Å². The van der Waals surface area contributed by atoms with E-state index in [1.165, 1.54) is 11.9 Å². The molecule has 3 N–H and O–H groups in total. The van der Waals surface area contributed by atoms with E-state index in [-0.39, 0.29) is 11.8 Å². The van der Waals surface area contributed by atoms with Crippen LogP contribution in [0.3, 0.4) is 0 Å². The summed E-state index contributed by atoms with van der Waals surface area (Å²) in [4.78, 5) is 18.4. The van der Waals surface area contributed by atoms with Gasteiger partial charge in [-0.05, 0) is 41.3 Å². The monoisotopic (exact) mass is 439 g/mol. The van der Waals surface area contributed by atoms with Crippen LogP contribution in [0, 0.1) is 0 Å². The summed E-state index contributed by atoms with van der Waals surface area (Å²) >= 11 is 1.39. The Labute approximate surface area is 190 Å². The Hall–Kier alpha value is -3.84. The molecule has 0 atom stereocenters. The molecule has 0 unspecified atom stereocenters. The van der Waals surface area contributed by atoms with Crippen LogP contribution in [0.25, 0.3) is 11.3 Å². The number of aromatic amines is 1. The zero-order chi connectivity index (χ0) is 21.8. The Bertz CT molecular complexity index is 1200. The lowest BCUT2D eigenvalue weighted by Crippen LogP contribution is -2.40. The lowest BCUT2D eigenvalue weighted by atomic mass is 9.91. The summed E-state index contributed by atoms with van der Waals surface area (Å²) in [5, 5.41) is 10.0. The molecule has 2 heterocycles. The molecule has 7 heteroatoms. The van der Waals surface area contributed by atoms with E-state index in [2.05, 4.69) is 49.5 Å². The molecule has 0 aliphatic carbocycles. The van der Waals surface area contributed by atoms with Crippen LogP contribution in [0.2, 0.25) is 0 Å². The largest absolute Gasteiger partial charge is 0.348 e. The van der Waals surface area contributed by atoms with E-state index in [0.717, 1.165) is 33.0 Å².